The van der Waals surface area contributed by atoms with Crippen molar-refractivity contribution in [1.82, 2.24) is 0 Å². The Balaban J connectivity index is 2.15. The molecule has 2 fully saturated rings. The lowest BCUT2D eigenvalue weighted by Crippen LogP contribution is -2.42. The van der Waals surface area contributed by atoms with Gasteiger partial charge in [-0.05, 0) is 48.3 Å². The molecule has 2 aliphatic carbocycles. The van der Waals surface area contributed by atoms with Crippen molar-refractivity contribution in [3.05, 3.63) is 0 Å². The lowest BCUT2D eigenvalue weighted by atomic mass is 9.50. The third kappa shape index (κ3) is 2.66. The maximum atomic E-state index is 2.49. The van der Waals surface area contributed by atoms with E-state index in [9.17, 15) is 0 Å². The fourth-order valence-corrected chi connectivity index (χ4v) is 5.24. The number of rotatable bonds is 0. The van der Waals surface area contributed by atoms with E-state index in [0.29, 0.717) is 16.2 Å². The van der Waals surface area contributed by atoms with Gasteiger partial charge in [-0.15, -0.1) is 0 Å². The van der Waals surface area contributed by atoms with Gasteiger partial charge in [0.15, 0.2) is 0 Å². The minimum atomic E-state index is 0.572. The quantitative estimate of drug-likeness (QED) is 0.536. The van der Waals surface area contributed by atoms with Gasteiger partial charge in [-0.25, -0.2) is 0 Å². The normalized spacial score (nSPS) is 32.8. The first kappa shape index (κ1) is 12.5. The highest BCUT2D eigenvalue weighted by molar-refractivity contribution is 6.11. The molecular weight excluding hydrogens is 191 g/mol. The van der Waals surface area contributed by atoms with Crippen LogP contribution in [0.25, 0.3) is 0 Å². The van der Waals surface area contributed by atoms with E-state index in [-0.39, 0.29) is 0 Å². The smallest absolute Gasteiger partial charge is 0.0697 e. The number of hydrogen-bond acceptors (Lipinski definition) is 0. The third-order valence-corrected chi connectivity index (χ3v) is 5.00. The van der Waals surface area contributed by atoms with Crippen LogP contribution in [-0.2, 0) is 0 Å². The monoisotopic (exact) mass is 220 g/mol. The minimum Gasteiger partial charge on any atom is -0.0697 e. The Hall–Kier alpha value is 0.0649. The van der Waals surface area contributed by atoms with E-state index in [1.165, 1.54) is 44.9 Å². The molecule has 0 N–H and O–H groups in total. The van der Waals surface area contributed by atoms with Gasteiger partial charge < -0.3 is 0 Å². The van der Waals surface area contributed by atoms with E-state index >= 15 is 0 Å². The Morgan fingerprint density at radius 2 is 1.25 bits per heavy atom. The summed E-state index contributed by atoms with van der Waals surface area (Å²) in [7, 11) is 2.44. The highest BCUT2D eigenvalue weighted by atomic mass is 14.5. The summed E-state index contributed by atoms with van der Waals surface area (Å²) in [5.41, 5.74) is 1.85. The maximum Gasteiger partial charge on any atom is 0.105 e. The summed E-state index contributed by atoms with van der Waals surface area (Å²) in [6, 6.07) is 0. The molecule has 0 aliphatic heterocycles. The molecule has 2 aliphatic rings. The first-order chi connectivity index (χ1) is 7.22. The molecule has 92 valence electrons. The van der Waals surface area contributed by atoms with Gasteiger partial charge in [0.05, 0.1) is 0 Å². The average molecular weight is 220 g/mol. The summed E-state index contributed by atoms with van der Waals surface area (Å²) in [5.74, 6) is 0.985. The van der Waals surface area contributed by atoms with Gasteiger partial charge in [0.1, 0.15) is 7.85 Å². The second-order valence-electron chi connectivity index (χ2n) is 8.54. The molecule has 0 saturated heterocycles. The van der Waals surface area contributed by atoms with Gasteiger partial charge in [-0.1, -0.05) is 46.4 Å². The molecule has 0 aromatic carbocycles. The lowest BCUT2D eigenvalue weighted by Gasteiger charge is -2.54. The fourth-order valence-electron chi connectivity index (χ4n) is 5.24. The van der Waals surface area contributed by atoms with Crippen LogP contribution in [0, 0.1) is 16.2 Å². The van der Waals surface area contributed by atoms with Gasteiger partial charge >= 0.3 is 0 Å². The van der Waals surface area contributed by atoms with Crippen LogP contribution in [0.15, 0.2) is 0 Å². The molecular formula is C15H29B. The van der Waals surface area contributed by atoms with Gasteiger partial charge in [0, 0.05) is 0 Å². The second-order valence-corrected chi connectivity index (χ2v) is 8.54. The van der Waals surface area contributed by atoms with Crippen molar-refractivity contribution in [3.63, 3.8) is 0 Å². The topological polar surface area (TPSA) is 0 Å². The first-order valence-corrected chi connectivity index (χ1v) is 7.22. The van der Waals surface area contributed by atoms with E-state index in [1.807, 2.05) is 0 Å². The molecule has 0 radical (unpaired) electrons. The first-order valence-electron chi connectivity index (χ1n) is 7.22. The molecule has 0 heterocycles. The predicted molar refractivity (Wildman–Crippen MR) is 74.6 cm³/mol. The van der Waals surface area contributed by atoms with Crippen LogP contribution in [0.4, 0.5) is 0 Å². The highest BCUT2D eigenvalue weighted by Gasteiger charge is 2.47. The van der Waals surface area contributed by atoms with Crippen LogP contribution in [0.3, 0.4) is 0 Å². The highest BCUT2D eigenvalue weighted by Crippen LogP contribution is 2.59. The lowest BCUT2D eigenvalue weighted by molar-refractivity contribution is -0.0248. The van der Waals surface area contributed by atoms with E-state index < -0.39 is 0 Å². The summed E-state index contributed by atoms with van der Waals surface area (Å²) in [4.78, 5) is 0. The zero-order valence-corrected chi connectivity index (χ0v) is 12.0. The molecule has 2 rings (SSSR count). The molecule has 16 heavy (non-hydrogen) atoms. The summed E-state index contributed by atoms with van der Waals surface area (Å²) in [6.07, 6.45) is 10.3. The van der Waals surface area contributed by atoms with Crippen molar-refractivity contribution < 1.29 is 0 Å². The van der Waals surface area contributed by atoms with Crippen LogP contribution in [0.1, 0.15) is 72.6 Å². The summed E-state index contributed by atoms with van der Waals surface area (Å²) in [6.45, 7) is 9.97. The van der Waals surface area contributed by atoms with Crippen LogP contribution < -0.4 is 0 Å². The molecule has 0 amide bonds. The summed E-state index contributed by atoms with van der Waals surface area (Å²) < 4.78 is 0. The average Bonchev–Trinajstić information content (AvgIpc) is 2.05. The van der Waals surface area contributed by atoms with Crippen LogP contribution in [0.2, 0.25) is 5.82 Å². The van der Waals surface area contributed by atoms with Crippen molar-refractivity contribution in [2.45, 2.75) is 78.5 Å². The maximum absolute atomic E-state index is 2.49. The van der Waals surface area contributed by atoms with Gasteiger partial charge in [-0.3, -0.25) is 0 Å². The predicted octanol–water partition coefficient (Wildman–Crippen LogP) is 4.20. The molecule has 1 spiro atoms. The molecule has 0 aromatic heterocycles. The van der Waals surface area contributed by atoms with Crippen LogP contribution >= 0.6 is 0 Å². The van der Waals surface area contributed by atoms with E-state index in [0.717, 1.165) is 5.82 Å². The van der Waals surface area contributed by atoms with Crippen molar-refractivity contribution in [1.29, 1.82) is 0 Å². The zero-order valence-electron chi connectivity index (χ0n) is 12.0. The summed E-state index contributed by atoms with van der Waals surface area (Å²) in [5, 5.41) is 0. The Labute approximate surface area is 103 Å². The Bertz CT molecular complexity index is 239. The Kier molecular flexibility index (Phi) is 2.96. The number of hydrogen-bond donors (Lipinski definition) is 0. The van der Waals surface area contributed by atoms with Crippen molar-refractivity contribution >= 4 is 7.85 Å². The van der Waals surface area contributed by atoms with E-state index in [2.05, 4.69) is 35.5 Å². The van der Waals surface area contributed by atoms with Crippen LogP contribution in [0.5, 0.6) is 0 Å². The molecule has 0 nitrogen and oxygen atoms in total. The Morgan fingerprint density at radius 1 is 0.812 bits per heavy atom. The zero-order chi connectivity index (χ0) is 12.0. The Morgan fingerprint density at radius 3 is 1.69 bits per heavy atom. The van der Waals surface area contributed by atoms with Crippen molar-refractivity contribution in [2.24, 2.45) is 16.2 Å². The van der Waals surface area contributed by atoms with Gasteiger partial charge in [-0.2, -0.15) is 0 Å². The van der Waals surface area contributed by atoms with Crippen molar-refractivity contribution in [3.8, 4) is 0 Å². The molecule has 2 saturated carbocycles. The second kappa shape index (κ2) is 3.78. The molecule has 0 aromatic rings. The van der Waals surface area contributed by atoms with E-state index in [4.69, 9.17) is 0 Å². The molecule has 1 heteroatoms. The molecule has 0 unspecified atom stereocenters. The summed E-state index contributed by atoms with van der Waals surface area (Å²) >= 11 is 0. The van der Waals surface area contributed by atoms with E-state index in [1.54, 1.807) is 0 Å². The van der Waals surface area contributed by atoms with Crippen molar-refractivity contribution in [2.75, 3.05) is 0 Å². The molecule has 0 bridgehead atoms. The molecule has 0 atom stereocenters. The largest absolute Gasteiger partial charge is 0.105 e. The standard InChI is InChI=1S/C15H29B/c1-13(2)9-14(3,4)11-15(10-13)7-5-12(16)6-8-15/h12H,5-11,16H2,1-4H3. The van der Waals surface area contributed by atoms with Gasteiger partial charge in [0.25, 0.3) is 0 Å². The van der Waals surface area contributed by atoms with Gasteiger partial charge in [0.2, 0.25) is 0 Å². The third-order valence-electron chi connectivity index (χ3n) is 5.00. The minimum absolute atomic E-state index is 0.572. The SMILES string of the molecule is BC1CCC2(CC1)CC(C)(C)CC(C)(C)C2. The fraction of sp³-hybridized carbons (Fsp3) is 1.00. The van der Waals surface area contributed by atoms with Crippen LogP contribution in [-0.4, -0.2) is 7.85 Å².